The Bertz CT molecular complexity index is 768. The third kappa shape index (κ3) is 5.50. The Kier molecular flexibility index (Phi) is 7.77. The lowest BCUT2D eigenvalue weighted by molar-refractivity contribution is 0.475. The van der Waals surface area contributed by atoms with Crippen LogP contribution in [0.25, 0.3) is 0 Å². The van der Waals surface area contributed by atoms with Crippen molar-refractivity contribution in [3.63, 3.8) is 0 Å². The van der Waals surface area contributed by atoms with Crippen molar-refractivity contribution in [2.45, 2.75) is 56.5 Å². The molecule has 1 aromatic carbocycles. The highest BCUT2D eigenvalue weighted by Gasteiger charge is 2.14. The number of rotatable bonds is 7. The van der Waals surface area contributed by atoms with E-state index in [0.717, 1.165) is 50.7 Å². The van der Waals surface area contributed by atoms with Gasteiger partial charge in [-0.15, -0.1) is 22.0 Å². The highest BCUT2D eigenvalue weighted by molar-refractivity contribution is 7.98. The molecular weight excluding hydrogens is 368 g/mol. The average Bonchev–Trinajstić information content (AvgIpc) is 2.94. The number of aromatic nitrogens is 3. The second kappa shape index (κ2) is 10.5. The first-order valence-electron chi connectivity index (χ1n) is 10.2. The smallest absolute Gasteiger partial charge is 0.193 e. The fourth-order valence-electron chi connectivity index (χ4n) is 3.64. The monoisotopic (exact) mass is 400 g/mol. The van der Waals surface area contributed by atoms with E-state index in [1.54, 1.807) is 11.8 Å². The predicted molar refractivity (Wildman–Crippen MR) is 117 cm³/mol. The molecule has 1 aromatic heterocycles. The van der Waals surface area contributed by atoms with E-state index in [0.29, 0.717) is 0 Å². The van der Waals surface area contributed by atoms with Crippen molar-refractivity contribution in [1.29, 1.82) is 0 Å². The van der Waals surface area contributed by atoms with E-state index >= 15 is 0 Å². The minimum absolute atomic E-state index is 0.839. The Morgan fingerprint density at radius 3 is 2.79 bits per heavy atom. The first-order chi connectivity index (χ1) is 13.7. The summed E-state index contributed by atoms with van der Waals surface area (Å²) in [5.74, 6) is 3.23. The molecule has 0 saturated heterocycles. The molecule has 1 N–H and O–H groups in total. The van der Waals surface area contributed by atoms with Gasteiger partial charge in [-0.05, 0) is 43.2 Å². The number of hydrogen-bond acceptors (Lipinski definition) is 4. The lowest BCUT2D eigenvalue weighted by Crippen LogP contribution is -2.39. The van der Waals surface area contributed by atoms with Gasteiger partial charge in [0.1, 0.15) is 11.6 Å². The summed E-state index contributed by atoms with van der Waals surface area (Å²) in [5, 5.41) is 12.3. The molecule has 0 bridgehead atoms. The zero-order valence-corrected chi connectivity index (χ0v) is 18.1. The second-order valence-corrected chi connectivity index (χ2v) is 8.16. The maximum atomic E-state index is 4.43. The normalized spacial score (nSPS) is 14.5. The van der Waals surface area contributed by atoms with Crippen LogP contribution in [0.1, 0.15) is 42.9 Å². The van der Waals surface area contributed by atoms with Crippen LogP contribution in [0.15, 0.2) is 34.2 Å². The molecule has 0 spiro atoms. The molecule has 1 aliphatic heterocycles. The van der Waals surface area contributed by atoms with Gasteiger partial charge in [0.2, 0.25) is 0 Å². The predicted octanol–water partition coefficient (Wildman–Crippen LogP) is 3.37. The van der Waals surface area contributed by atoms with Crippen LogP contribution in [-0.2, 0) is 25.9 Å². The summed E-state index contributed by atoms with van der Waals surface area (Å²) >= 11 is 1.77. The molecule has 1 aliphatic rings. The molecule has 0 unspecified atom stereocenters. The summed E-state index contributed by atoms with van der Waals surface area (Å²) < 4.78 is 2.34. The Balaban J connectivity index is 1.45. The van der Waals surface area contributed by atoms with E-state index in [4.69, 9.17) is 0 Å². The van der Waals surface area contributed by atoms with E-state index in [2.05, 4.69) is 67.5 Å². The van der Waals surface area contributed by atoms with Crippen LogP contribution in [0.3, 0.4) is 0 Å². The van der Waals surface area contributed by atoms with Crippen molar-refractivity contribution in [1.82, 2.24) is 25.0 Å². The minimum atomic E-state index is 0.839. The van der Waals surface area contributed by atoms with Gasteiger partial charge >= 0.3 is 0 Å². The number of benzene rings is 1. The highest BCUT2D eigenvalue weighted by atomic mass is 32.2. The lowest BCUT2D eigenvalue weighted by atomic mass is 10.2. The summed E-state index contributed by atoms with van der Waals surface area (Å²) in [5.41, 5.74) is 1.29. The van der Waals surface area contributed by atoms with Gasteiger partial charge in [0.05, 0.1) is 0 Å². The van der Waals surface area contributed by atoms with E-state index in [9.17, 15) is 0 Å². The molecule has 0 atom stereocenters. The molecule has 2 aromatic rings. The molecular formula is C21H32N6S. The van der Waals surface area contributed by atoms with Crippen LogP contribution in [0.5, 0.6) is 0 Å². The Hall–Kier alpha value is -2.02. The van der Waals surface area contributed by atoms with E-state index in [1.165, 1.54) is 35.5 Å². The maximum absolute atomic E-state index is 4.43. The number of thioether (sulfide) groups is 1. The first-order valence-corrected chi connectivity index (χ1v) is 11.4. The van der Waals surface area contributed by atoms with Gasteiger partial charge in [-0.2, -0.15) is 0 Å². The highest BCUT2D eigenvalue weighted by Crippen LogP contribution is 2.16. The fraction of sp³-hybridized carbons (Fsp3) is 0.571. The molecule has 0 saturated carbocycles. The van der Waals surface area contributed by atoms with Crippen molar-refractivity contribution in [2.75, 3.05) is 26.9 Å². The summed E-state index contributed by atoms with van der Waals surface area (Å²) in [6.45, 7) is 2.79. The molecule has 0 fully saturated rings. The number of aliphatic imine (C=N–C) groups is 1. The van der Waals surface area contributed by atoms with Gasteiger partial charge in [-0.25, -0.2) is 0 Å². The molecule has 7 heteroatoms. The largest absolute Gasteiger partial charge is 0.356 e. The molecule has 2 heterocycles. The molecule has 0 radical (unpaired) electrons. The van der Waals surface area contributed by atoms with E-state index < -0.39 is 0 Å². The standard InChI is InChI=1S/C21H32N6S/c1-22-21(26(2)16-17-10-12-18(28-3)13-11-17)23-14-7-9-20-25-24-19-8-5-4-6-15-27(19)20/h10-13H,4-9,14-16H2,1-3H3,(H,22,23). The molecule has 28 heavy (non-hydrogen) atoms. The van der Waals surface area contributed by atoms with Gasteiger partial charge in [0, 0.05) is 51.5 Å². The van der Waals surface area contributed by atoms with Crippen LogP contribution in [0, 0.1) is 0 Å². The zero-order valence-electron chi connectivity index (χ0n) is 17.3. The minimum Gasteiger partial charge on any atom is -0.356 e. The van der Waals surface area contributed by atoms with Crippen molar-refractivity contribution >= 4 is 17.7 Å². The third-order valence-corrected chi connectivity index (χ3v) is 5.94. The number of aryl methyl sites for hydroxylation is 2. The van der Waals surface area contributed by atoms with Crippen LogP contribution in [0.2, 0.25) is 0 Å². The first kappa shape index (κ1) is 20.7. The van der Waals surface area contributed by atoms with Crippen molar-refractivity contribution < 1.29 is 0 Å². The third-order valence-electron chi connectivity index (χ3n) is 5.20. The quantitative estimate of drug-likeness (QED) is 0.334. The van der Waals surface area contributed by atoms with E-state index in [1.807, 2.05) is 7.05 Å². The van der Waals surface area contributed by atoms with E-state index in [-0.39, 0.29) is 0 Å². The molecule has 0 amide bonds. The second-order valence-electron chi connectivity index (χ2n) is 7.28. The lowest BCUT2D eigenvalue weighted by Gasteiger charge is -2.22. The summed E-state index contributed by atoms with van der Waals surface area (Å²) in [7, 11) is 3.92. The topological polar surface area (TPSA) is 58.3 Å². The number of fused-ring (bicyclic) bond motifs is 1. The number of hydrogen-bond donors (Lipinski definition) is 1. The number of nitrogens with zero attached hydrogens (tertiary/aromatic N) is 5. The molecule has 6 nitrogen and oxygen atoms in total. The fourth-order valence-corrected chi connectivity index (χ4v) is 4.05. The molecule has 0 aliphatic carbocycles. The Morgan fingerprint density at radius 2 is 2.04 bits per heavy atom. The van der Waals surface area contributed by atoms with Crippen molar-refractivity contribution in [3.05, 3.63) is 41.5 Å². The Labute approximate surface area is 172 Å². The molecule has 152 valence electrons. The Morgan fingerprint density at radius 1 is 1.21 bits per heavy atom. The number of guanidine groups is 1. The average molecular weight is 401 g/mol. The summed E-state index contributed by atoms with van der Waals surface area (Å²) in [6.07, 6.45) is 8.93. The summed E-state index contributed by atoms with van der Waals surface area (Å²) in [6, 6.07) is 8.72. The van der Waals surface area contributed by atoms with Gasteiger partial charge in [0.25, 0.3) is 0 Å². The van der Waals surface area contributed by atoms with Crippen molar-refractivity contribution in [3.8, 4) is 0 Å². The van der Waals surface area contributed by atoms with Crippen LogP contribution in [0.4, 0.5) is 0 Å². The molecule has 3 rings (SSSR count). The van der Waals surface area contributed by atoms with Gasteiger partial charge in [-0.1, -0.05) is 18.6 Å². The van der Waals surface area contributed by atoms with Gasteiger partial charge < -0.3 is 14.8 Å². The maximum Gasteiger partial charge on any atom is 0.193 e. The van der Waals surface area contributed by atoms with Crippen LogP contribution in [-0.4, -0.2) is 52.5 Å². The number of nitrogens with one attached hydrogen (secondary N) is 1. The van der Waals surface area contributed by atoms with Crippen LogP contribution >= 0.6 is 11.8 Å². The van der Waals surface area contributed by atoms with Crippen LogP contribution < -0.4 is 5.32 Å². The van der Waals surface area contributed by atoms with Crippen molar-refractivity contribution in [2.24, 2.45) is 4.99 Å². The zero-order chi connectivity index (χ0) is 19.8. The summed E-state index contributed by atoms with van der Waals surface area (Å²) in [4.78, 5) is 7.89. The van der Waals surface area contributed by atoms with Gasteiger partial charge in [0.15, 0.2) is 5.96 Å². The van der Waals surface area contributed by atoms with Gasteiger partial charge in [-0.3, -0.25) is 4.99 Å². The SMILES string of the molecule is CN=C(NCCCc1nnc2n1CCCCC2)N(C)Cc1ccc(SC)cc1.